The zero-order valence-electron chi connectivity index (χ0n) is 19.0. The van der Waals surface area contributed by atoms with E-state index in [2.05, 4.69) is 15.0 Å². The molecule has 3 heterocycles. The monoisotopic (exact) mass is 501 g/mol. The highest BCUT2D eigenvalue weighted by Crippen LogP contribution is 2.40. The van der Waals surface area contributed by atoms with Crippen molar-refractivity contribution in [1.82, 2.24) is 19.5 Å². The van der Waals surface area contributed by atoms with E-state index in [4.69, 9.17) is 9.47 Å². The van der Waals surface area contributed by atoms with Crippen LogP contribution in [0.1, 0.15) is 28.1 Å². The molecule has 0 saturated carbocycles. The summed E-state index contributed by atoms with van der Waals surface area (Å²) >= 11 is 0. The van der Waals surface area contributed by atoms with Crippen LogP contribution >= 0.6 is 0 Å². The van der Waals surface area contributed by atoms with E-state index in [9.17, 15) is 27.9 Å². The topological polar surface area (TPSA) is 106 Å². The molecule has 1 N–H and O–H groups in total. The van der Waals surface area contributed by atoms with E-state index in [1.54, 1.807) is 17.7 Å². The van der Waals surface area contributed by atoms with Gasteiger partial charge in [0.2, 0.25) is 0 Å². The van der Waals surface area contributed by atoms with Crippen molar-refractivity contribution in [1.29, 1.82) is 5.26 Å². The van der Waals surface area contributed by atoms with Crippen LogP contribution in [0.5, 0.6) is 11.6 Å². The number of nitrogens with zero attached hydrogens (tertiary/aromatic N) is 5. The number of nitriles is 1. The van der Waals surface area contributed by atoms with E-state index >= 15 is 0 Å². The second kappa shape index (κ2) is 9.43. The summed E-state index contributed by atoms with van der Waals surface area (Å²) in [4.78, 5) is 12.3. The molecule has 4 rings (SSSR count). The van der Waals surface area contributed by atoms with Crippen LogP contribution in [0, 0.1) is 11.3 Å². The second-order valence-corrected chi connectivity index (χ2v) is 7.84. The van der Waals surface area contributed by atoms with Crippen LogP contribution in [0.4, 0.5) is 17.6 Å². The molecule has 12 heteroatoms. The molecule has 36 heavy (non-hydrogen) atoms. The maximum absolute atomic E-state index is 13.0. The highest BCUT2D eigenvalue weighted by Gasteiger charge is 2.38. The zero-order chi connectivity index (χ0) is 26.1. The van der Waals surface area contributed by atoms with Gasteiger partial charge < -0.3 is 19.1 Å². The Morgan fingerprint density at radius 3 is 2.44 bits per heavy atom. The predicted octanol–water partition coefficient (Wildman–Crippen LogP) is 3.94. The Bertz CT molecular complexity index is 1450. The van der Waals surface area contributed by atoms with E-state index in [0.717, 1.165) is 0 Å². The quantitative estimate of drug-likeness (QED) is 0.383. The van der Waals surface area contributed by atoms with Gasteiger partial charge in [-0.1, -0.05) is 12.1 Å². The summed E-state index contributed by atoms with van der Waals surface area (Å²) in [5, 5.41) is 22.0. The number of aliphatic hydroxyl groups is 1. The standard InChI is InChI=1S/C24H19F4N5O3/c1-33-13-30-11-20(33)24(34,15-3-5-16(8-25)31-10-15)14-4-6-19-17(7-14)18(9-29)21(22(32-19)35-2)36-12-23(26,27)28/h3-7,10-11,13,34H,8,12H2,1-2H3. The van der Waals surface area contributed by atoms with Crippen LogP contribution in [0.2, 0.25) is 0 Å². The Morgan fingerprint density at radius 2 is 1.89 bits per heavy atom. The number of methoxy groups -OCH3 is 1. The molecule has 0 fully saturated rings. The average molecular weight is 501 g/mol. The molecule has 8 nitrogen and oxygen atoms in total. The number of hydrogen-bond acceptors (Lipinski definition) is 7. The minimum absolute atomic E-state index is 0.127. The van der Waals surface area contributed by atoms with Gasteiger partial charge in [0.1, 0.15) is 18.3 Å². The molecule has 1 atom stereocenters. The number of ether oxygens (including phenoxy) is 2. The fourth-order valence-electron chi connectivity index (χ4n) is 3.87. The summed E-state index contributed by atoms with van der Waals surface area (Å²) in [6.07, 6.45) is -0.432. The van der Waals surface area contributed by atoms with Gasteiger partial charge in [-0.05, 0) is 23.8 Å². The van der Waals surface area contributed by atoms with Crippen LogP contribution in [0.3, 0.4) is 0 Å². The van der Waals surface area contributed by atoms with E-state index in [0.29, 0.717) is 5.69 Å². The molecule has 1 unspecified atom stereocenters. The molecule has 0 amide bonds. The van der Waals surface area contributed by atoms with Crippen LogP contribution in [0.25, 0.3) is 10.9 Å². The van der Waals surface area contributed by atoms with E-state index in [1.165, 1.54) is 50.1 Å². The van der Waals surface area contributed by atoms with Gasteiger partial charge in [0.25, 0.3) is 5.88 Å². The number of fused-ring (bicyclic) bond motifs is 1. The van der Waals surface area contributed by atoms with Crippen molar-refractivity contribution in [3.05, 3.63) is 77.1 Å². The Balaban J connectivity index is 1.97. The minimum Gasteiger partial charge on any atom is -0.478 e. The van der Waals surface area contributed by atoms with Crippen LogP contribution in [0.15, 0.2) is 49.1 Å². The molecule has 0 bridgehead atoms. The molecule has 0 radical (unpaired) electrons. The molecular formula is C24H19F4N5O3. The number of aromatic nitrogens is 4. The molecular weight excluding hydrogens is 482 g/mol. The summed E-state index contributed by atoms with van der Waals surface area (Å²) < 4.78 is 63.1. The van der Waals surface area contributed by atoms with Crippen molar-refractivity contribution < 1.29 is 32.1 Å². The van der Waals surface area contributed by atoms with Gasteiger partial charge in [-0.15, -0.1) is 0 Å². The third-order valence-corrected chi connectivity index (χ3v) is 5.58. The maximum Gasteiger partial charge on any atom is 0.422 e. The Hall–Kier alpha value is -4.24. The number of rotatable bonds is 7. The fourth-order valence-corrected chi connectivity index (χ4v) is 3.87. The van der Waals surface area contributed by atoms with Gasteiger partial charge in [0.15, 0.2) is 18.0 Å². The van der Waals surface area contributed by atoms with Crippen LogP contribution < -0.4 is 9.47 Å². The Labute approximate surface area is 202 Å². The number of aryl methyl sites for hydroxylation is 1. The smallest absolute Gasteiger partial charge is 0.422 e. The van der Waals surface area contributed by atoms with Crippen molar-refractivity contribution in [2.75, 3.05) is 13.7 Å². The lowest BCUT2D eigenvalue weighted by Gasteiger charge is -2.30. The van der Waals surface area contributed by atoms with Crippen LogP contribution in [-0.2, 0) is 19.3 Å². The number of alkyl halides is 4. The summed E-state index contributed by atoms with van der Waals surface area (Å²) in [7, 11) is 2.85. The summed E-state index contributed by atoms with van der Waals surface area (Å²) in [6.45, 7) is -2.45. The third-order valence-electron chi connectivity index (χ3n) is 5.58. The number of hydrogen-bond donors (Lipinski definition) is 1. The first-order valence-electron chi connectivity index (χ1n) is 10.4. The number of pyridine rings is 2. The van der Waals surface area contributed by atoms with Crippen molar-refractivity contribution in [2.24, 2.45) is 7.05 Å². The van der Waals surface area contributed by atoms with Gasteiger partial charge in [-0.2, -0.15) is 18.4 Å². The number of halogens is 4. The Morgan fingerprint density at radius 1 is 1.14 bits per heavy atom. The fraction of sp³-hybridized carbons (Fsp3) is 0.250. The largest absolute Gasteiger partial charge is 0.478 e. The first kappa shape index (κ1) is 24.9. The van der Waals surface area contributed by atoms with Crippen molar-refractivity contribution in [3.8, 4) is 17.7 Å². The zero-order valence-corrected chi connectivity index (χ0v) is 19.0. The van der Waals surface area contributed by atoms with Gasteiger partial charge >= 0.3 is 6.18 Å². The number of benzene rings is 1. The first-order valence-corrected chi connectivity index (χ1v) is 10.4. The van der Waals surface area contributed by atoms with Gasteiger partial charge in [0, 0.05) is 24.2 Å². The lowest BCUT2D eigenvalue weighted by atomic mass is 9.83. The lowest BCUT2D eigenvalue weighted by molar-refractivity contribution is -0.153. The van der Waals surface area contributed by atoms with Gasteiger partial charge in [0.05, 0.1) is 36.5 Å². The predicted molar refractivity (Wildman–Crippen MR) is 119 cm³/mol. The first-order chi connectivity index (χ1) is 17.1. The minimum atomic E-state index is -4.66. The van der Waals surface area contributed by atoms with Crippen molar-refractivity contribution in [3.63, 3.8) is 0 Å². The average Bonchev–Trinajstić information content (AvgIpc) is 3.31. The molecule has 0 spiro atoms. The molecule has 0 aliphatic rings. The highest BCUT2D eigenvalue weighted by molar-refractivity contribution is 5.89. The SMILES string of the molecule is COc1nc2ccc(C(O)(c3ccc(CF)nc3)c3cncn3C)cc2c(C#N)c1OCC(F)(F)F. The summed E-state index contributed by atoms with van der Waals surface area (Å²) in [6, 6.07) is 9.26. The number of imidazole rings is 1. The summed E-state index contributed by atoms with van der Waals surface area (Å²) in [5.41, 5.74) is -0.897. The van der Waals surface area contributed by atoms with E-state index in [1.807, 2.05) is 6.07 Å². The maximum atomic E-state index is 13.0. The van der Waals surface area contributed by atoms with E-state index in [-0.39, 0.29) is 39.2 Å². The van der Waals surface area contributed by atoms with Crippen molar-refractivity contribution >= 4 is 10.9 Å². The molecule has 3 aromatic heterocycles. The molecule has 0 aliphatic carbocycles. The van der Waals surface area contributed by atoms with E-state index < -0.39 is 30.8 Å². The third kappa shape index (κ3) is 4.40. The highest BCUT2D eigenvalue weighted by atomic mass is 19.4. The molecule has 0 aliphatic heterocycles. The molecule has 0 saturated heterocycles. The van der Waals surface area contributed by atoms with Crippen LogP contribution in [-0.4, -0.2) is 44.5 Å². The second-order valence-electron chi connectivity index (χ2n) is 7.84. The molecule has 1 aromatic carbocycles. The van der Waals surface area contributed by atoms with Gasteiger partial charge in [-0.3, -0.25) is 4.98 Å². The molecule has 4 aromatic rings. The van der Waals surface area contributed by atoms with Crippen molar-refractivity contribution in [2.45, 2.75) is 18.5 Å². The lowest BCUT2D eigenvalue weighted by Crippen LogP contribution is -2.31. The molecule has 186 valence electrons. The summed E-state index contributed by atoms with van der Waals surface area (Å²) in [5.74, 6) is -0.760. The van der Waals surface area contributed by atoms with Gasteiger partial charge in [-0.25, -0.2) is 14.4 Å². The normalized spacial score (nSPS) is 13.3. The Kier molecular flexibility index (Phi) is 6.51.